The Morgan fingerprint density at radius 1 is 1.32 bits per heavy atom. The van der Waals surface area contributed by atoms with Crippen molar-refractivity contribution in [3.05, 3.63) is 58.1 Å². The van der Waals surface area contributed by atoms with Gasteiger partial charge in [0, 0.05) is 10.0 Å². The average molecular weight is 405 g/mol. The zero-order valence-corrected chi connectivity index (χ0v) is 15.8. The Balaban J connectivity index is 1.82. The van der Waals surface area contributed by atoms with Gasteiger partial charge in [-0.15, -0.1) is 0 Å². The Labute approximate surface area is 155 Å². The third-order valence-electron chi connectivity index (χ3n) is 3.81. The van der Waals surface area contributed by atoms with E-state index in [0.29, 0.717) is 17.2 Å². The second kappa shape index (κ2) is 9.22. The molecule has 0 aromatic heterocycles. The van der Waals surface area contributed by atoms with E-state index in [0.717, 1.165) is 10.9 Å². The summed E-state index contributed by atoms with van der Waals surface area (Å²) in [7, 11) is 0. The molecule has 0 heterocycles. The molecule has 0 saturated carbocycles. The van der Waals surface area contributed by atoms with Crippen LogP contribution < -0.4 is 10.2 Å². The number of carbonyl (C=O) groups is 1. The van der Waals surface area contributed by atoms with Crippen LogP contribution >= 0.6 is 15.9 Å². The van der Waals surface area contributed by atoms with E-state index in [1.165, 1.54) is 11.8 Å². The monoisotopic (exact) mass is 404 g/mol. The van der Waals surface area contributed by atoms with Crippen molar-refractivity contribution in [3.8, 4) is 11.5 Å². The molecule has 132 valence electrons. The minimum absolute atomic E-state index is 0.0823. The smallest absolute Gasteiger partial charge is 0.277 e. The second-order valence-electron chi connectivity index (χ2n) is 5.66. The van der Waals surface area contributed by atoms with Gasteiger partial charge in [0.25, 0.3) is 5.91 Å². The number of hydrazone groups is 1. The lowest BCUT2D eigenvalue weighted by atomic mass is 9.99. The maximum atomic E-state index is 11.8. The summed E-state index contributed by atoms with van der Waals surface area (Å²) in [6.45, 7) is 4.18. The molecular formula is C19H21BrN2O3. The van der Waals surface area contributed by atoms with Crippen molar-refractivity contribution in [1.82, 2.24) is 5.43 Å². The van der Waals surface area contributed by atoms with Crippen LogP contribution in [-0.2, 0) is 4.79 Å². The lowest BCUT2D eigenvalue weighted by molar-refractivity contribution is -0.123. The van der Waals surface area contributed by atoms with Crippen LogP contribution in [0.4, 0.5) is 0 Å². The van der Waals surface area contributed by atoms with Gasteiger partial charge in [0.05, 0.1) is 6.21 Å². The second-order valence-corrected chi connectivity index (χ2v) is 6.58. The zero-order chi connectivity index (χ0) is 18.2. The summed E-state index contributed by atoms with van der Waals surface area (Å²) in [6.07, 6.45) is 2.45. The first-order valence-corrected chi connectivity index (χ1v) is 8.82. The van der Waals surface area contributed by atoms with E-state index >= 15 is 0 Å². The van der Waals surface area contributed by atoms with Crippen LogP contribution in [0, 0.1) is 0 Å². The van der Waals surface area contributed by atoms with E-state index in [-0.39, 0.29) is 18.3 Å². The molecule has 0 unspecified atom stereocenters. The van der Waals surface area contributed by atoms with Crippen molar-refractivity contribution in [1.29, 1.82) is 0 Å². The van der Waals surface area contributed by atoms with Gasteiger partial charge in [0.1, 0.15) is 11.5 Å². The fraction of sp³-hybridized carbons (Fsp3) is 0.263. The first-order chi connectivity index (χ1) is 12.0. The highest BCUT2D eigenvalue weighted by molar-refractivity contribution is 9.10. The molecule has 5 nitrogen and oxygen atoms in total. The van der Waals surface area contributed by atoms with Crippen molar-refractivity contribution in [2.45, 2.75) is 26.2 Å². The van der Waals surface area contributed by atoms with Crippen LogP contribution in [-0.4, -0.2) is 23.8 Å². The summed E-state index contributed by atoms with van der Waals surface area (Å²) in [5.41, 5.74) is 4.11. The fourth-order valence-electron chi connectivity index (χ4n) is 2.11. The van der Waals surface area contributed by atoms with Gasteiger partial charge in [0.15, 0.2) is 6.61 Å². The van der Waals surface area contributed by atoms with E-state index in [4.69, 9.17) is 4.74 Å². The molecule has 0 spiro atoms. The summed E-state index contributed by atoms with van der Waals surface area (Å²) < 4.78 is 6.25. The highest BCUT2D eigenvalue weighted by atomic mass is 79.9. The number of hydrogen-bond donors (Lipinski definition) is 2. The van der Waals surface area contributed by atoms with Gasteiger partial charge in [-0.25, -0.2) is 5.43 Å². The maximum absolute atomic E-state index is 11.8. The largest absolute Gasteiger partial charge is 0.507 e. The number of benzene rings is 2. The lowest BCUT2D eigenvalue weighted by Crippen LogP contribution is -2.24. The Hall–Kier alpha value is -2.34. The molecule has 0 bridgehead atoms. The van der Waals surface area contributed by atoms with Crippen molar-refractivity contribution in [3.63, 3.8) is 0 Å². The molecule has 2 aromatic rings. The molecular weight excluding hydrogens is 384 g/mol. The molecule has 2 rings (SSSR count). The molecule has 2 N–H and O–H groups in total. The van der Waals surface area contributed by atoms with Crippen molar-refractivity contribution >= 4 is 28.1 Å². The van der Waals surface area contributed by atoms with Crippen LogP contribution in [0.5, 0.6) is 11.5 Å². The molecule has 25 heavy (non-hydrogen) atoms. The Morgan fingerprint density at radius 2 is 2.04 bits per heavy atom. The molecule has 0 saturated heterocycles. The number of aromatic hydroxyl groups is 1. The molecule has 0 aliphatic rings. The number of phenols is 1. The van der Waals surface area contributed by atoms with E-state index in [1.807, 2.05) is 24.3 Å². The number of rotatable bonds is 7. The number of halogens is 1. The van der Waals surface area contributed by atoms with Crippen molar-refractivity contribution in [2.24, 2.45) is 5.10 Å². The third kappa shape index (κ3) is 5.90. The highest BCUT2D eigenvalue weighted by Crippen LogP contribution is 2.21. The average Bonchev–Trinajstić information content (AvgIpc) is 2.62. The molecule has 1 atom stereocenters. The number of phenolic OH excluding ortho intramolecular Hbond substituents is 1. The van der Waals surface area contributed by atoms with Crippen molar-refractivity contribution < 1.29 is 14.6 Å². The molecule has 1 amide bonds. The normalized spacial score (nSPS) is 12.1. The van der Waals surface area contributed by atoms with Crippen LogP contribution in [0.15, 0.2) is 52.0 Å². The minimum atomic E-state index is -0.378. The predicted octanol–water partition coefficient (Wildman–Crippen LogP) is 4.20. The van der Waals surface area contributed by atoms with E-state index < -0.39 is 0 Å². The highest BCUT2D eigenvalue weighted by Gasteiger charge is 2.05. The van der Waals surface area contributed by atoms with Crippen LogP contribution in [0.2, 0.25) is 0 Å². The van der Waals surface area contributed by atoms with Gasteiger partial charge >= 0.3 is 0 Å². The van der Waals surface area contributed by atoms with Gasteiger partial charge in [-0.3, -0.25) is 4.79 Å². The number of nitrogens with one attached hydrogen (secondary N) is 1. The van der Waals surface area contributed by atoms with Gasteiger partial charge in [-0.1, -0.05) is 41.9 Å². The fourth-order valence-corrected chi connectivity index (χ4v) is 2.49. The summed E-state index contributed by atoms with van der Waals surface area (Å²) in [4.78, 5) is 11.8. The molecule has 0 aliphatic carbocycles. The Morgan fingerprint density at radius 3 is 2.72 bits per heavy atom. The Kier molecular flexibility index (Phi) is 7.01. The number of nitrogens with zero attached hydrogens (tertiary/aromatic N) is 1. The zero-order valence-electron chi connectivity index (χ0n) is 14.2. The maximum Gasteiger partial charge on any atom is 0.277 e. The molecule has 0 radical (unpaired) electrons. The van der Waals surface area contributed by atoms with Crippen LogP contribution in [0.3, 0.4) is 0 Å². The van der Waals surface area contributed by atoms with Gasteiger partial charge < -0.3 is 9.84 Å². The number of carbonyl (C=O) groups excluding carboxylic acids is 1. The van der Waals surface area contributed by atoms with Crippen LogP contribution in [0.1, 0.15) is 37.3 Å². The van der Waals surface area contributed by atoms with Crippen molar-refractivity contribution in [2.75, 3.05) is 6.61 Å². The van der Waals surface area contributed by atoms with E-state index in [9.17, 15) is 9.90 Å². The predicted molar refractivity (Wildman–Crippen MR) is 102 cm³/mol. The summed E-state index contributed by atoms with van der Waals surface area (Å²) in [5, 5.41) is 13.5. The van der Waals surface area contributed by atoms with Gasteiger partial charge in [-0.2, -0.15) is 5.10 Å². The van der Waals surface area contributed by atoms with E-state index in [2.05, 4.69) is 40.3 Å². The number of hydrogen-bond acceptors (Lipinski definition) is 4. The quantitative estimate of drug-likeness (QED) is 0.536. The molecule has 2 aromatic carbocycles. The Bertz CT molecular complexity index is 745. The van der Waals surface area contributed by atoms with Crippen LogP contribution in [0.25, 0.3) is 0 Å². The molecule has 6 heteroatoms. The van der Waals surface area contributed by atoms with E-state index in [1.54, 1.807) is 18.2 Å². The summed E-state index contributed by atoms with van der Waals surface area (Å²) >= 11 is 3.31. The minimum Gasteiger partial charge on any atom is -0.507 e. The summed E-state index contributed by atoms with van der Waals surface area (Å²) in [5.74, 6) is 0.840. The number of amides is 1. The van der Waals surface area contributed by atoms with Gasteiger partial charge in [-0.05, 0) is 48.2 Å². The first-order valence-electron chi connectivity index (χ1n) is 8.02. The molecule has 0 aliphatic heterocycles. The SMILES string of the molecule is CC[C@@H](C)c1ccc(OCC(=O)N/N=C\c2cc(Br)ccc2O)cc1. The number of ether oxygens (including phenoxy) is 1. The standard InChI is InChI=1S/C19H21BrN2O3/c1-3-13(2)14-4-7-17(8-5-14)25-12-19(24)22-21-11-15-10-16(20)6-9-18(15)23/h4-11,13,23H,3,12H2,1-2H3,(H,22,24)/b21-11-/t13-/m1/s1. The topological polar surface area (TPSA) is 70.9 Å². The lowest BCUT2D eigenvalue weighted by Gasteiger charge is -2.10. The molecule has 0 fully saturated rings. The first kappa shape index (κ1) is 19.0. The van der Waals surface area contributed by atoms with Gasteiger partial charge in [0.2, 0.25) is 0 Å². The third-order valence-corrected chi connectivity index (χ3v) is 4.31. The summed E-state index contributed by atoms with van der Waals surface area (Å²) in [6, 6.07) is 12.7.